The summed E-state index contributed by atoms with van der Waals surface area (Å²) < 4.78 is 5.55. The smallest absolute Gasteiger partial charge is 0.187 e. The van der Waals surface area contributed by atoms with Gasteiger partial charge in [-0.3, -0.25) is 4.99 Å². The molecule has 0 aromatic carbocycles. The van der Waals surface area contributed by atoms with Crippen LogP contribution in [0.3, 0.4) is 0 Å². The number of hydrogen-bond acceptors (Lipinski definition) is 3. The van der Waals surface area contributed by atoms with Crippen molar-refractivity contribution in [3.8, 4) is 0 Å². The zero-order chi connectivity index (χ0) is 10.6. The molecule has 0 aliphatic carbocycles. The molecule has 14 heavy (non-hydrogen) atoms. The molecule has 2 N–H and O–H groups in total. The number of ether oxygens (including phenoxy) is 1. The lowest BCUT2D eigenvalue weighted by molar-refractivity contribution is 0.0870. The van der Waals surface area contributed by atoms with Gasteiger partial charge >= 0.3 is 0 Å². The highest BCUT2D eigenvalue weighted by molar-refractivity contribution is 6.03. The third-order valence-corrected chi connectivity index (χ3v) is 2.63. The highest BCUT2D eigenvalue weighted by atomic mass is 16.5. The van der Waals surface area contributed by atoms with Crippen molar-refractivity contribution in [2.45, 2.75) is 45.6 Å². The van der Waals surface area contributed by atoms with Gasteiger partial charge in [0.15, 0.2) is 5.88 Å². The van der Waals surface area contributed by atoms with E-state index >= 15 is 0 Å². The first kappa shape index (κ1) is 11.1. The van der Waals surface area contributed by atoms with Crippen molar-refractivity contribution in [3.05, 3.63) is 12.0 Å². The van der Waals surface area contributed by atoms with Gasteiger partial charge in [0.05, 0.1) is 5.71 Å². The lowest BCUT2D eigenvalue weighted by atomic mass is 9.98. The Balaban J connectivity index is 2.69. The molecule has 0 bridgehead atoms. The molecule has 0 saturated carbocycles. The molecule has 80 valence electrons. The van der Waals surface area contributed by atoms with Crippen molar-refractivity contribution in [1.82, 2.24) is 0 Å². The maximum atomic E-state index is 5.64. The van der Waals surface area contributed by atoms with E-state index in [0.717, 1.165) is 25.1 Å². The van der Waals surface area contributed by atoms with E-state index in [1.807, 2.05) is 13.0 Å². The van der Waals surface area contributed by atoms with Gasteiger partial charge in [-0.05, 0) is 19.8 Å². The van der Waals surface area contributed by atoms with Crippen LogP contribution in [-0.4, -0.2) is 17.9 Å². The minimum Gasteiger partial charge on any atom is -0.467 e. The Kier molecular flexibility index (Phi) is 3.55. The van der Waals surface area contributed by atoms with Crippen molar-refractivity contribution in [3.63, 3.8) is 0 Å². The van der Waals surface area contributed by atoms with E-state index in [0.29, 0.717) is 5.88 Å². The second-order valence-corrected chi connectivity index (χ2v) is 3.85. The molecule has 3 heteroatoms. The minimum absolute atomic E-state index is 0.294. The van der Waals surface area contributed by atoms with Crippen molar-refractivity contribution in [2.24, 2.45) is 10.7 Å². The first-order valence-electron chi connectivity index (χ1n) is 5.33. The first-order chi connectivity index (χ1) is 6.62. The third-order valence-electron chi connectivity index (χ3n) is 2.63. The second kappa shape index (κ2) is 4.49. The van der Waals surface area contributed by atoms with Gasteiger partial charge in [0.1, 0.15) is 5.60 Å². The van der Waals surface area contributed by atoms with Gasteiger partial charge in [0.25, 0.3) is 0 Å². The molecule has 0 aromatic heterocycles. The molecule has 0 aromatic rings. The van der Waals surface area contributed by atoms with Gasteiger partial charge in [0.2, 0.25) is 0 Å². The Morgan fingerprint density at radius 2 is 2.21 bits per heavy atom. The number of nitrogens with zero attached hydrogens (tertiary/aromatic N) is 1. The Morgan fingerprint density at radius 1 is 1.50 bits per heavy atom. The number of hydrogen-bond donors (Lipinski definition) is 1. The maximum absolute atomic E-state index is 5.64. The van der Waals surface area contributed by atoms with Gasteiger partial charge in [-0.15, -0.1) is 0 Å². The Labute approximate surface area is 86.0 Å². The van der Waals surface area contributed by atoms with E-state index in [4.69, 9.17) is 10.5 Å². The van der Waals surface area contributed by atoms with Crippen LogP contribution in [0, 0.1) is 0 Å². The number of aliphatic imine (C=N–C) groups is 1. The van der Waals surface area contributed by atoms with Crippen LogP contribution < -0.4 is 5.73 Å². The first-order valence-corrected chi connectivity index (χ1v) is 5.33. The molecular weight excluding hydrogens is 176 g/mol. The Morgan fingerprint density at radius 3 is 2.79 bits per heavy atom. The van der Waals surface area contributed by atoms with Crippen LogP contribution in [0.5, 0.6) is 0 Å². The van der Waals surface area contributed by atoms with Crippen LogP contribution >= 0.6 is 0 Å². The summed E-state index contributed by atoms with van der Waals surface area (Å²) in [4.78, 5) is 4.52. The number of unbranched alkanes of at least 4 members (excludes halogenated alkanes) is 1. The predicted molar refractivity (Wildman–Crippen MR) is 59.3 cm³/mol. The topological polar surface area (TPSA) is 47.6 Å². The van der Waals surface area contributed by atoms with Gasteiger partial charge in [-0.2, -0.15) is 0 Å². The monoisotopic (exact) mass is 196 g/mol. The van der Waals surface area contributed by atoms with Gasteiger partial charge in [-0.25, -0.2) is 0 Å². The molecular formula is C11H20N2O. The zero-order valence-electron chi connectivity index (χ0n) is 9.34. The molecule has 1 aliphatic rings. The molecule has 0 amide bonds. The molecule has 1 atom stereocenters. The molecule has 0 spiro atoms. The summed E-state index contributed by atoms with van der Waals surface area (Å²) in [7, 11) is 0. The van der Waals surface area contributed by atoms with Crippen LogP contribution in [0.4, 0.5) is 0 Å². The van der Waals surface area contributed by atoms with Crippen LogP contribution in [-0.2, 0) is 4.74 Å². The molecule has 3 nitrogen and oxygen atoms in total. The van der Waals surface area contributed by atoms with E-state index < -0.39 is 0 Å². The van der Waals surface area contributed by atoms with Crippen molar-refractivity contribution in [2.75, 3.05) is 6.54 Å². The van der Waals surface area contributed by atoms with Gasteiger partial charge < -0.3 is 10.5 Å². The molecule has 0 saturated heterocycles. The molecule has 0 fully saturated rings. The fourth-order valence-electron chi connectivity index (χ4n) is 1.45. The fraction of sp³-hybridized carbons (Fsp3) is 0.727. The Hall–Kier alpha value is -0.990. The average Bonchev–Trinajstić information content (AvgIpc) is 2.43. The van der Waals surface area contributed by atoms with Gasteiger partial charge in [0, 0.05) is 12.6 Å². The third kappa shape index (κ3) is 2.28. The van der Waals surface area contributed by atoms with E-state index in [9.17, 15) is 0 Å². The quantitative estimate of drug-likeness (QED) is 0.701. The summed E-state index contributed by atoms with van der Waals surface area (Å²) in [6.45, 7) is 7.15. The van der Waals surface area contributed by atoms with E-state index in [2.05, 4.69) is 18.8 Å². The number of rotatable bonds is 4. The lowest BCUT2D eigenvalue weighted by Crippen LogP contribution is -2.32. The van der Waals surface area contributed by atoms with Crippen molar-refractivity contribution >= 4 is 5.71 Å². The number of nitrogens with two attached hydrogens (primary N) is 1. The minimum atomic E-state index is -0.294. The van der Waals surface area contributed by atoms with Crippen molar-refractivity contribution in [1.29, 1.82) is 0 Å². The SMILES string of the molecule is CCCCN=C1C=C(N)OC1(C)CC. The largest absolute Gasteiger partial charge is 0.467 e. The Bertz CT molecular complexity index is 258. The summed E-state index contributed by atoms with van der Waals surface area (Å²) >= 11 is 0. The molecule has 1 aliphatic heterocycles. The van der Waals surface area contributed by atoms with Crippen LogP contribution in [0.1, 0.15) is 40.0 Å². The molecule has 0 radical (unpaired) electrons. The standard InChI is InChI=1S/C11H20N2O/c1-4-6-7-13-9-8-10(12)14-11(9,3)5-2/h8H,4-7,12H2,1-3H3. The molecule has 1 unspecified atom stereocenters. The predicted octanol–water partition coefficient (Wildman–Crippen LogP) is 2.23. The highest BCUT2D eigenvalue weighted by Crippen LogP contribution is 2.26. The summed E-state index contributed by atoms with van der Waals surface area (Å²) in [5.74, 6) is 0.490. The summed E-state index contributed by atoms with van der Waals surface area (Å²) in [6, 6.07) is 0. The second-order valence-electron chi connectivity index (χ2n) is 3.85. The molecule has 1 heterocycles. The summed E-state index contributed by atoms with van der Waals surface area (Å²) in [5, 5.41) is 0. The van der Waals surface area contributed by atoms with E-state index in [-0.39, 0.29) is 5.60 Å². The lowest BCUT2D eigenvalue weighted by Gasteiger charge is -2.23. The van der Waals surface area contributed by atoms with Crippen LogP contribution in [0.25, 0.3) is 0 Å². The molecule has 1 rings (SSSR count). The average molecular weight is 196 g/mol. The summed E-state index contributed by atoms with van der Waals surface area (Å²) in [6.07, 6.45) is 5.03. The van der Waals surface area contributed by atoms with E-state index in [1.165, 1.54) is 6.42 Å². The van der Waals surface area contributed by atoms with Crippen LogP contribution in [0.15, 0.2) is 17.0 Å². The fourth-order valence-corrected chi connectivity index (χ4v) is 1.45. The highest BCUT2D eigenvalue weighted by Gasteiger charge is 2.35. The maximum Gasteiger partial charge on any atom is 0.187 e. The zero-order valence-corrected chi connectivity index (χ0v) is 9.34. The normalized spacial score (nSPS) is 29.1. The van der Waals surface area contributed by atoms with Gasteiger partial charge in [-0.1, -0.05) is 20.3 Å². The van der Waals surface area contributed by atoms with Crippen LogP contribution in [0.2, 0.25) is 0 Å². The summed E-state index contributed by atoms with van der Waals surface area (Å²) in [5.41, 5.74) is 6.34. The van der Waals surface area contributed by atoms with E-state index in [1.54, 1.807) is 0 Å². The van der Waals surface area contributed by atoms with Crippen molar-refractivity contribution < 1.29 is 4.74 Å².